The lowest BCUT2D eigenvalue weighted by Gasteiger charge is -2.16. The van der Waals surface area contributed by atoms with Crippen LogP contribution in [0.4, 0.5) is 5.69 Å². The van der Waals surface area contributed by atoms with Gasteiger partial charge in [-0.1, -0.05) is 43.6 Å². The van der Waals surface area contributed by atoms with Gasteiger partial charge in [-0.05, 0) is 29.8 Å². The Balaban J connectivity index is 2.09. The van der Waals surface area contributed by atoms with Crippen LogP contribution in [0.2, 0.25) is 5.02 Å². The third-order valence-electron chi connectivity index (χ3n) is 3.84. The van der Waals surface area contributed by atoms with E-state index in [0.29, 0.717) is 32.5 Å². The maximum absolute atomic E-state index is 13.2. The van der Waals surface area contributed by atoms with Crippen LogP contribution in [-0.2, 0) is 9.59 Å². The van der Waals surface area contributed by atoms with E-state index >= 15 is 0 Å². The van der Waals surface area contributed by atoms with Crippen LogP contribution in [0.15, 0.2) is 53.4 Å². The number of rotatable bonds is 5. The van der Waals surface area contributed by atoms with Gasteiger partial charge in [-0.3, -0.25) is 9.59 Å². The highest BCUT2D eigenvalue weighted by atomic mass is 35.5. The smallest absolute Gasteiger partial charge is 0.272 e. The number of carbonyl (C=O) groups is 2. The van der Waals surface area contributed by atoms with Crippen molar-refractivity contribution >= 4 is 46.4 Å². The molecule has 0 radical (unpaired) electrons. The number of hydrogen-bond donors (Lipinski definition) is 0. The van der Waals surface area contributed by atoms with Crippen LogP contribution < -0.4 is 9.64 Å². The summed E-state index contributed by atoms with van der Waals surface area (Å²) in [6.45, 7) is 3.98. The zero-order chi connectivity index (χ0) is 18.8. The Hall–Kier alpha value is -2.24. The van der Waals surface area contributed by atoms with E-state index in [9.17, 15) is 9.59 Å². The van der Waals surface area contributed by atoms with Gasteiger partial charge in [0.15, 0.2) is 0 Å². The zero-order valence-corrected chi connectivity index (χ0v) is 16.2. The molecule has 0 saturated heterocycles. The van der Waals surface area contributed by atoms with Gasteiger partial charge in [-0.15, -0.1) is 11.8 Å². The lowest BCUT2D eigenvalue weighted by molar-refractivity contribution is -0.119. The van der Waals surface area contributed by atoms with Crippen LogP contribution in [0.3, 0.4) is 0 Å². The van der Waals surface area contributed by atoms with Crippen molar-refractivity contribution in [2.75, 3.05) is 12.0 Å². The molecule has 0 spiro atoms. The normalized spacial score (nSPS) is 14.6. The van der Waals surface area contributed by atoms with Gasteiger partial charge in [0, 0.05) is 16.3 Å². The Morgan fingerprint density at radius 2 is 1.73 bits per heavy atom. The Morgan fingerprint density at radius 1 is 1.04 bits per heavy atom. The summed E-state index contributed by atoms with van der Waals surface area (Å²) in [5.74, 6) is -0.0678. The molecule has 0 saturated carbocycles. The minimum Gasteiger partial charge on any atom is -0.497 e. The summed E-state index contributed by atoms with van der Waals surface area (Å²) >= 11 is 7.36. The van der Waals surface area contributed by atoms with E-state index < -0.39 is 0 Å². The maximum atomic E-state index is 13.2. The molecule has 2 aromatic rings. The third kappa shape index (κ3) is 3.50. The molecule has 0 fully saturated rings. The fraction of sp³-hybridized carbons (Fsp3) is 0.200. The lowest BCUT2D eigenvalue weighted by atomic mass is 10.1. The van der Waals surface area contributed by atoms with Crippen molar-refractivity contribution in [2.45, 2.75) is 19.1 Å². The Kier molecular flexibility index (Phi) is 5.39. The van der Waals surface area contributed by atoms with Crippen molar-refractivity contribution in [3.63, 3.8) is 0 Å². The van der Waals surface area contributed by atoms with E-state index in [4.69, 9.17) is 16.3 Å². The molecule has 2 amide bonds. The molecule has 0 atom stereocenters. The number of nitrogens with zero attached hydrogens (tertiary/aromatic N) is 1. The number of benzene rings is 2. The summed E-state index contributed by atoms with van der Waals surface area (Å²) in [5.41, 5.74) is 1.58. The minimum absolute atomic E-state index is 0.161. The highest BCUT2D eigenvalue weighted by molar-refractivity contribution is 8.04. The van der Waals surface area contributed by atoms with E-state index in [-0.39, 0.29) is 17.1 Å². The zero-order valence-electron chi connectivity index (χ0n) is 14.7. The number of halogens is 1. The van der Waals surface area contributed by atoms with E-state index in [2.05, 4.69) is 0 Å². The average Bonchev–Trinajstić information content (AvgIpc) is 2.85. The van der Waals surface area contributed by atoms with Gasteiger partial charge < -0.3 is 4.74 Å². The fourth-order valence-corrected chi connectivity index (χ4v) is 3.82. The van der Waals surface area contributed by atoms with Crippen LogP contribution in [0.5, 0.6) is 5.75 Å². The molecule has 0 aromatic heterocycles. The maximum Gasteiger partial charge on any atom is 0.272 e. The third-order valence-corrected chi connectivity index (χ3v) is 5.18. The Labute approximate surface area is 161 Å². The number of amides is 2. The summed E-state index contributed by atoms with van der Waals surface area (Å²) < 4.78 is 5.22. The Bertz CT molecular complexity index is 890. The number of carbonyl (C=O) groups excluding carboxylic acids is 2. The van der Waals surface area contributed by atoms with E-state index in [1.165, 1.54) is 16.7 Å². The van der Waals surface area contributed by atoms with Crippen molar-refractivity contribution in [1.29, 1.82) is 0 Å². The Morgan fingerprint density at radius 3 is 2.35 bits per heavy atom. The molecule has 0 N–H and O–H groups in total. The lowest BCUT2D eigenvalue weighted by Crippen LogP contribution is -2.31. The molecule has 1 aliphatic rings. The van der Waals surface area contributed by atoms with Crippen LogP contribution in [0.25, 0.3) is 5.57 Å². The molecule has 134 valence electrons. The van der Waals surface area contributed by atoms with Crippen LogP contribution >= 0.6 is 23.4 Å². The number of hydrogen-bond acceptors (Lipinski definition) is 4. The van der Waals surface area contributed by atoms with E-state index in [1.807, 2.05) is 13.8 Å². The van der Waals surface area contributed by atoms with Crippen molar-refractivity contribution in [3.8, 4) is 5.75 Å². The predicted molar refractivity (Wildman–Crippen MR) is 107 cm³/mol. The molecule has 26 heavy (non-hydrogen) atoms. The monoisotopic (exact) mass is 387 g/mol. The predicted octanol–water partition coefficient (Wildman–Crippen LogP) is 4.77. The largest absolute Gasteiger partial charge is 0.497 e. The van der Waals surface area contributed by atoms with Crippen LogP contribution in [0, 0.1) is 0 Å². The molecule has 2 aromatic carbocycles. The van der Waals surface area contributed by atoms with Gasteiger partial charge in [-0.25, -0.2) is 4.90 Å². The van der Waals surface area contributed by atoms with Gasteiger partial charge in [-0.2, -0.15) is 0 Å². The standard InChI is InChI=1S/C20H18ClNO3S/c1-12(2)26-18-17(13-7-9-14(21)10-8-13)19(23)22(20(18)24)15-5-4-6-16(11-15)25-3/h4-12H,1-3H3. The van der Waals surface area contributed by atoms with Crippen LogP contribution in [0.1, 0.15) is 19.4 Å². The number of methoxy groups -OCH3 is 1. The first-order valence-electron chi connectivity index (χ1n) is 8.12. The van der Waals surface area contributed by atoms with Crippen LogP contribution in [-0.4, -0.2) is 24.2 Å². The summed E-state index contributed by atoms with van der Waals surface area (Å²) in [5, 5.41) is 0.739. The summed E-state index contributed by atoms with van der Waals surface area (Å²) in [6, 6.07) is 13.9. The van der Waals surface area contributed by atoms with Gasteiger partial charge in [0.05, 0.1) is 23.3 Å². The summed E-state index contributed by atoms with van der Waals surface area (Å²) in [4.78, 5) is 27.9. The molecule has 4 nitrogen and oxygen atoms in total. The molecular weight excluding hydrogens is 370 g/mol. The fourth-order valence-electron chi connectivity index (χ4n) is 2.71. The molecule has 0 unspecified atom stereocenters. The molecule has 0 bridgehead atoms. The molecule has 6 heteroatoms. The van der Waals surface area contributed by atoms with Crippen molar-refractivity contribution in [2.24, 2.45) is 0 Å². The van der Waals surface area contributed by atoms with E-state index in [1.54, 1.807) is 55.6 Å². The van der Waals surface area contributed by atoms with Crippen molar-refractivity contribution < 1.29 is 14.3 Å². The first-order chi connectivity index (χ1) is 12.4. The highest BCUT2D eigenvalue weighted by Gasteiger charge is 2.40. The quantitative estimate of drug-likeness (QED) is 0.693. The number of imide groups is 1. The molecule has 1 aliphatic heterocycles. The number of ether oxygens (including phenoxy) is 1. The van der Waals surface area contributed by atoms with Gasteiger partial charge in [0.2, 0.25) is 0 Å². The van der Waals surface area contributed by atoms with Gasteiger partial charge in [0.1, 0.15) is 5.75 Å². The second kappa shape index (κ2) is 7.56. The van der Waals surface area contributed by atoms with Gasteiger partial charge >= 0.3 is 0 Å². The first-order valence-corrected chi connectivity index (χ1v) is 9.38. The molecule has 1 heterocycles. The average molecular weight is 388 g/mol. The highest BCUT2D eigenvalue weighted by Crippen LogP contribution is 2.40. The van der Waals surface area contributed by atoms with Crippen molar-refractivity contribution in [3.05, 3.63) is 64.0 Å². The summed E-state index contributed by atoms with van der Waals surface area (Å²) in [6.07, 6.45) is 0. The second-order valence-electron chi connectivity index (χ2n) is 6.02. The molecule has 3 rings (SSSR count). The number of anilines is 1. The molecular formula is C20H18ClNO3S. The minimum atomic E-state index is -0.339. The second-order valence-corrected chi connectivity index (χ2v) is 8.05. The molecule has 0 aliphatic carbocycles. The SMILES string of the molecule is COc1cccc(N2C(=O)C(SC(C)C)=C(c3ccc(Cl)cc3)C2=O)c1. The summed E-state index contributed by atoms with van der Waals surface area (Å²) in [7, 11) is 1.55. The van der Waals surface area contributed by atoms with E-state index in [0.717, 1.165) is 0 Å². The van der Waals surface area contributed by atoms with Gasteiger partial charge in [0.25, 0.3) is 11.8 Å². The topological polar surface area (TPSA) is 46.6 Å². The number of thioether (sulfide) groups is 1. The van der Waals surface area contributed by atoms with Crippen molar-refractivity contribution in [1.82, 2.24) is 0 Å². The first kappa shape index (κ1) is 18.5.